The van der Waals surface area contributed by atoms with Crippen LogP contribution in [0, 0.1) is 5.92 Å². The molecular weight excluding hydrogens is 428 g/mol. The Morgan fingerprint density at radius 2 is 1.64 bits per heavy atom. The quantitative estimate of drug-likeness (QED) is 0.473. The van der Waals surface area contributed by atoms with Crippen LogP contribution >= 0.6 is 0 Å². The van der Waals surface area contributed by atoms with Gasteiger partial charge in [-0.3, -0.25) is 0 Å². The zero-order valence-corrected chi connectivity index (χ0v) is 19.6. The summed E-state index contributed by atoms with van der Waals surface area (Å²) in [5, 5.41) is 6.33. The van der Waals surface area contributed by atoms with Crippen molar-refractivity contribution in [2.75, 3.05) is 18.4 Å². The van der Waals surface area contributed by atoms with Gasteiger partial charge in [-0.2, -0.15) is 4.31 Å². The second-order valence-electron chi connectivity index (χ2n) is 9.61. The lowest BCUT2D eigenvalue weighted by Gasteiger charge is -2.38. The van der Waals surface area contributed by atoms with Gasteiger partial charge in [-0.15, -0.1) is 0 Å². The Labute approximate surface area is 196 Å². The molecule has 4 nitrogen and oxygen atoms in total. The molecule has 1 fully saturated rings. The van der Waals surface area contributed by atoms with E-state index in [2.05, 4.69) is 59.9 Å². The van der Waals surface area contributed by atoms with E-state index in [4.69, 9.17) is 0 Å². The van der Waals surface area contributed by atoms with Gasteiger partial charge in [0.25, 0.3) is 0 Å². The SMILES string of the molecule is O=S(=O)(c1ccc2c(c1)C1C=CCC1C(c1cccc3ccccc13)N2)N1CCCCCC1. The molecule has 0 spiro atoms. The summed E-state index contributed by atoms with van der Waals surface area (Å²) in [6, 6.07) is 21.0. The number of allylic oxidation sites excluding steroid dienone is 2. The fraction of sp³-hybridized carbons (Fsp3) is 0.357. The van der Waals surface area contributed by atoms with Crippen LogP contribution in [0.5, 0.6) is 0 Å². The normalized spacial score (nSPS) is 25.3. The van der Waals surface area contributed by atoms with Crippen LogP contribution in [-0.4, -0.2) is 25.8 Å². The third-order valence-electron chi connectivity index (χ3n) is 7.70. The molecule has 2 heterocycles. The first-order valence-electron chi connectivity index (χ1n) is 12.2. The average molecular weight is 459 g/mol. The molecule has 0 radical (unpaired) electrons. The Morgan fingerprint density at radius 1 is 0.848 bits per heavy atom. The molecule has 0 bridgehead atoms. The van der Waals surface area contributed by atoms with Gasteiger partial charge in [0.15, 0.2) is 0 Å². The van der Waals surface area contributed by atoms with E-state index in [1.165, 1.54) is 16.3 Å². The van der Waals surface area contributed by atoms with Crippen LogP contribution in [-0.2, 0) is 10.0 Å². The highest BCUT2D eigenvalue weighted by Crippen LogP contribution is 2.51. The molecule has 5 heteroatoms. The van der Waals surface area contributed by atoms with E-state index in [1.807, 2.05) is 12.1 Å². The van der Waals surface area contributed by atoms with Gasteiger partial charge in [0.2, 0.25) is 10.0 Å². The van der Waals surface area contributed by atoms with Gasteiger partial charge in [-0.1, -0.05) is 67.5 Å². The maximum atomic E-state index is 13.4. The predicted molar refractivity (Wildman–Crippen MR) is 134 cm³/mol. The highest BCUT2D eigenvalue weighted by atomic mass is 32.2. The fourth-order valence-electron chi connectivity index (χ4n) is 5.99. The maximum absolute atomic E-state index is 13.4. The molecule has 33 heavy (non-hydrogen) atoms. The van der Waals surface area contributed by atoms with Crippen LogP contribution in [0.3, 0.4) is 0 Å². The fourth-order valence-corrected chi connectivity index (χ4v) is 7.55. The van der Waals surface area contributed by atoms with Gasteiger partial charge in [0.05, 0.1) is 10.9 Å². The van der Waals surface area contributed by atoms with E-state index in [1.54, 1.807) is 10.4 Å². The number of sulfonamides is 1. The topological polar surface area (TPSA) is 49.4 Å². The summed E-state index contributed by atoms with van der Waals surface area (Å²) in [7, 11) is -3.46. The summed E-state index contributed by atoms with van der Waals surface area (Å²) < 4.78 is 28.6. The van der Waals surface area contributed by atoms with Gasteiger partial charge >= 0.3 is 0 Å². The summed E-state index contributed by atoms with van der Waals surface area (Å²) >= 11 is 0. The summed E-state index contributed by atoms with van der Waals surface area (Å²) in [5.41, 5.74) is 3.48. The third kappa shape index (κ3) is 3.58. The van der Waals surface area contributed by atoms with Crippen molar-refractivity contribution in [2.45, 2.75) is 49.0 Å². The van der Waals surface area contributed by atoms with E-state index in [9.17, 15) is 8.42 Å². The van der Waals surface area contributed by atoms with Crippen LogP contribution in [0.4, 0.5) is 5.69 Å². The lowest BCUT2D eigenvalue weighted by atomic mass is 9.76. The monoisotopic (exact) mass is 458 g/mol. The Hall–Kier alpha value is -2.63. The smallest absolute Gasteiger partial charge is 0.243 e. The van der Waals surface area contributed by atoms with Crippen LogP contribution in [0.15, 0.2) is 77.7 Å². The molecule has 0 aromatic heterocycles. The second-order valence-corrected chi connectivity index (χ2v) is 11.5. The molecule has 1 saturated heterocycles. The standard InChI is InChI=1S/C28H30N2O2S/c31-33(32,30-17-5-1-2-6-18-30)21-15-16-27-26(19-21)23-12-8-14-25(23)28(29-27)24-13-7-10-20-9-3-4-11-22(20)24/h3-4,7-13,15-16,19,23,25,28-29H,1-2,5-6,14,17-18H2. The summed E-state index contributed by atoms with van der Waals surface area (Å²) in [5.74, 6) is 0.601. The van der Waals surface area contributed by atoms with E-state index in [0.29, 0.717) is 23.9 Å². The first-order chi connectivity index (χ1) is 16.1. The van der Waals surface area contributed by atoms with Gasteiger partial charge in [-0.25, -0.2) is 8.42 Å². The molecule has 0 saturated carbocycles. The molecule has 2 aliphatic heterocycles. The zero-order valence-electron chi connectivity index (χ0n) is 18.8. The number of rotatable bonds is 3. The van der Waals surface area contributed by atoms with E-state index >= 15 is 0 Å². The van der Waals surface area contributed by atoms with Crippen molar-refractivity contribution in [3.63, 3.8) is 0 Å². The molecule has 1 N–H and O–H groups in total. The number of hydrogen-bond donors (Lipinski definition) is 1. The Kier molecular flexibility index (Phi) is 5.27. The first-order valence-corrected chi connectivity index (χ1v) is 13.6. The predicted octanol–water partition coefficient (Wildman–Crippen LogP) is 6.23. The Bertz CT molecular complexity index is 1320. The minimum Gasteiger partial charge on any atom is -0.378 e. The van der Waals surface area contributed by atoms with Crippen molar-refractivity contribution in [3.8, 4) is 0 Å². The van der Waals surface area contributed by atoms with Gasteiger partial charge in [0, 0.05) is 24.7 Å². The Morgan fingerprint density at radius 3 is 2.48 bits per heavy atom. The van der Waals surface area contributed by atoms with Gasteiger partial charge in [-0.05, 0) is 65.3 Å². The van der Waals surface area contributed by atoms with E-state index in [0.717, 1.165) is 43.4 Å². The van der Waals surface area contributed by atoms with Crippen molar-refractivity contribution in [2.24, 2.45) is 5.92 Å². The number of hydrogen-bond acceptors (Lipinski definition) is 3. The van der Waals surface area contributed by atoms with Gasteiger partial charge < -0.3 is 5.32 Å². The highest BCUT2D eigenvalue weighted by molar-refractivity contribution is 7.89. The summed E-state index contributed by atoms with van der Waals surface area (Å²) in [6.07, 6.45) is 9.67. The molecule has 6 rings (SSSR count). The minimum absolute atomic E-state index is 0.191. The molecule has 3 aromatic carbocycles. The number of fused-ring (bicyclic) bond motifs is 4. The van der Waals surface area contributed by atoms with Crippen LogP contribution < -0.4 is 5.32 Å². The Balaban J connectivity index is 1.39. The van der Waals surface area contributed by atoms with Crippen molar-refractivity contribution < 1.29 is 8.42 Å². The van der Waals surface area contributed by atoms with Crippen molar-refractivity contribution in [1.29, 1.82) is 0 Å². The molecule has 3 aliphatic rings. The summed E-state index contributed by atoms with van der Waals surface area (Å²) in [6.45, 7) is 1.26. The lowest BCUT2D eigenvalue weighted by molar-refractivity contribution is 0.420. The first kappa shape index (κ1) is 20.9. The lowest BCUT2D eigenvalue weighted by Crippen LogP contribution is -2.33. The molecule has 3 aromatic rings. The highest BCUT2D eigenvalue weighted by Gasteiger charge is 2.39. The second kappa shape index (κ2) is 8.30. The van der Waals surface area contributed by atoms with E-state index < -0.39 is 10.0 Å². The largest absolute Gasteiger partial charge is 0.378 e. The van der Waals surface area contributed by atoms with Crippen molar-refractivity contribution >= 4 is 26.5 Å². The number of nitrogens with one attached hydrogen (secondary N) is 1. The maximum Gasteiger partial charge on any atom is 0.243 e. The summed E-state index contributed by atoms with van der Waals surface area (Å²) in [4.78, 5) is 0.438. The number of benzene rings is 3. The molecule has 170 valence electrons. The van der Waals surface area contributed by atoms with E-state index in [-0.39, 0.29) is 12.0 Å². The molecule has 1 aliphatic carbocycles. The average Bonchev–Trinajstić information content (AvgIpc) is 3.17. The number of nitrogens with zero attached hydrogens (tertiary/aromatic N) is 1. The minimum atomic E-state index is -3.46. The number of anilines is 1. The van der Waals surface area contributed by atoms with Gasteiger partial charge in [0.1, 0.15) is 0 Å². The van der Waals surface area contributed by atoms with Crippen LogP contribution in [0.2, 0.25) is 0 Å². The molecule has 0 amide bonds. The van der Waals surface area contributed by atoms with Crippen molar-refractivity contribution in [1.82, 2.24) is 4.31 Å². The molecular formula is C28H30N2O2S. The molecule has 3 unspecified atom stereocenters. The van der Waals surface area contributed by atoms with Crippen molar-refractivity contribution in [3.05, 3.63) is 83.9 Å². The van der Waals surface area contributed by atoms with Crippen LogP contribution in [0.25, 0.3) is 10.8 Å². The zero-order chi connectivity index (χ0) is 22.4. The van der Waals surface area contributed by atoms with Crippen LogP contribution in [0.1, 0.15) is 55.2 Å². The third-order valence-corrected chi connectivity index (χ3v) is 9.59. The molecule has 3 atom stereocenters.